The predicted molar refractivity (Wildman–Crippen MR) is 80.5 cm³/mol. The Hall–Kier alpha value is -1.55. The second kappa shape index (κ2) is 6.06. The van der Waals surface area contributed by atoms with Crippen LogP contribution in [0.3, 0.4) is 0 Å². The zero-order valence-corrected chi connectivity index (χ0v) is 12.5. The summed E-state index contributed by atoms with van der Waals surface area (Å²) in [5.74, 6) is 1.19. The molecule has 4 nitrogen and oxygen atoms in total. The van der Waals surface area contributed by atoms with Crippen molar-refractivity contribution in [2.75, 3.05) is 20.2 Å². The van der Waals surface area contributed by atoms with Gasteiger partial charge in [-0.05, 0) is 48.8 Å². The molecule has 0 bridgehead atoms. The number of ether oxygens (including phenoxy) is 1. The summed E-state index contributed by atoms with van der Waals surface area (Å²) in [6.07, 6.45) is 4.38. The monoisotopic (exact) mass is 289 g/mol. The number of carboxylic acid groups (broad SMARTS) is 1. The molecule has 1 saturated heterocycles. The van der Waals surface area contributed by atoms with Gasteiger partial charge in [0.05, 0.1) is 7.11 Å². The predicted octanol–water partition coefficient (Wildman–Crippen LogP) is 2.42. The van der Waals surface area contributed by atoms with Gasteiger partial charge in [-0.25, -0.2) is 0 Å². The lowest BCUT2D eigenvalue weighted by molar-refractivity contribution is -0.143. The molecule has 3 unspecified atom stereocenters. The first kappa shape index (κ1) is 14.4. The summed E-state index contributed by atoms with van der Waals surface area (Å²) in [5.41, 5.74) is 1.23. The van der Waals surface area contributed by atoms with Crippen molar-refractivity contribution in [3.8, 4) is 5.75 Å². The Morgan fingerprint density at radius 2 is 2.10 bits per heavy atom. The van der Waals surface area contributed by atoms with Crippen molar-refractivity contribution in [1.82, 2.24) is 4.90 Å². The van der Waals surface area contributed by atoms with Crippen LogP contribution in [0.25, 0.3) is 0 Å². The average molecular weight is 289 g/mol. The zero-order valence-electron chi connectivity index (χ0n) is 12.5. The topological polar surface area (TPSA) is 49.8 Å². The Labute approximate surface area is 125 Å². The molecule has 3 rings (SSSR count). The first-order valence-electron chi connectivity index (χ1n) is 7.79. The lowest BCUT2D eigenvalue weighted by Crippen LogP contribution is -2.40. The lowest BCUT2D eigenvalue weighted by Gasteiger charge is -2.24. The van der Waals surface area contributed by atoms with Crippen LogP contribution < -0.4 is 4.74 Å². The van der Waals surface area contributed by atoms with E-state index >= 15 is 0 Å². The van der Waals surface area contributed by atoms with Gasteiger partial charge in [0.25, 0.3) is 0 Å². The summed E-state index contributed by atoms with van der Waals surface area (Å²) in [5, 5.41) is 9.54. The minimum atomic E-state index is -0.640. The smallest absolute Gasteiger partial charge is 0.321 e. The number of aliphatic carboxylic acids is 1. The van der Waals surface area contributed by atoms with Gasteiger partial charge in [0.2, 0.25) is 0 Å². The van der Waals surface area contributed by atoms with Crippen LogP contribution in [0.2, 0.25) is 0 Å². The fourth-order valence-electron chi connectivity index (χ4n) is 4.03. The molecule has 1 N–H and O–H groups in total. The molecule has 4 heteroatoms. The van der Waals surface area contributed by atoms with Crippen LogP contribution in [0.5, 0.6) is 5.75 Å². The molecule has 0 amide bonds. The number of hydrogen-bond acceptors (Lipinski definition) is 3. The number of nitrogens with zero attached hydrogens (tertiary/aromatic N) is 1. The molecule has 21 heavy (non-hydrogen) atoms. The highest BCUT2D eigenvalue weighted by atomic mass is 16.5. The van der Waals surface area contributed by atoms with Crippen LogP contribution in [0.4, 0.5) is 0 Å². The van der Waals surface area contributed by atoms with E-state index in [-0.39, 0.29) is 6.04 Å². The van der Waals surface area contributed by atoms with Crippen molar-refractivity contribution in [2.45, 2.75) is 31.7 Å². The van der Waals surface area contributed by atoms with Gasteiger partial charge in [-0.3, -0.25) is 9.69 Å². The second-order valence-corrected chi connectivity index (χ2v) is 6.23. The van der Waals surface area contributed by atoms with Crippen LogP contribution in [0, 0.1) is 11.8 Å². The molecule has 1 aromatic carbocycles. The fourth-order valence-corrected chi connectivity index (χ4v) is 4.03. The van der Waals surface area contributed by atoms with Crippen molar-refractivity contribution in [2.24, 2.45) is 11.8 Å². The van der Waals surface area contributed by atoms with Crippen molar-refractivity contribution in [3.63, 3.8) is 0 Å². The van der Waals surface area contributed by atoms with Gasteiger partial charge < -0.3 is 9.84 Å². The highest BCUT2D eigenvalue weighted by molar-refractivity contribution is 5.74. The third-order valence-electron chi connectivity index (χ3n) is 5.09. The quantitative estimate of drug-likeness (QED) is 0.904. The maximum Gasteiger partial charge on any atom is 0.321 e. The SMILES string of the molecule is COc1ccc(CCN2CC3CCCC3C2C(=O)O)cc1. The van der Waals surface area contributed by atoms with Crippen LogP contribution >= 0.6 is 0 Å². The lowest BCUT2D eigenvalue weighted by atomic mass is 9.94. The van der Waals surface area contributed by atoms with Crippen LogP contribution in [0.15, 0.2) is 24.3 Å². The Balaban J connectivity index is 1.62. The summed E-state index contributed by atoms with van der Waals surface area (Å²) in [7, 11) is 1.66. The highest BCUT2D eigenvalue weighted by Crippen LogP contribution is 2.42. The number of fused-ring (bicyclic) bond motifs is 1. The number of methoxy groups -OCH3 is 1. The zero-order chi connectivity index (χ0) is 14.8. The number of rotatable bonds is 5. The maximum atomic E-state index is 11.6. The number of carboxylic acids is 1. The summed E-state index contributed by atoms with van der Waals surface area (Å²) >= 11 is 0. The molecule has 1 aliphatic carbocycles. The third kappa shape index (κ3) is 2.91. The van der Waals surface area contributed by atoms with E-state index in [2.05, 4.69) is 17.0 Å². The van der Waals surface area contributed by atoms with Gasteiger partial charge in [-0.2, -0.15) is 0 Å². The van der Waals surface area contributed by atoms with Gasteiger partial charge >= 0.3 is 5.97 Å². The minimum Gasteiger partial charge on any atom is -0.497 e. The number of likely N-dealkylation sites (tertiary alicyclic amines) is 1. The third-order valence-corrected chi connectivity index (χ3v) is 5.09. The van der Waals surface area contributed by atoms with E-state index in [9.17, 15) is 9.90 Å². The molecule has 0 aromatic heterocycles. The van der Waals surface area contributed by atoms with E-state index in [1.807, 2.05) is 12.1 Å². The van der Waals surface area contributed by atoms with E-state index in [1.165, 1.54) is 18.4 Å². The average Bonchev–Trinajstić information content (AvgIpc) is 3.05. The van der Waals surface area contributed by atoms with E-state index in [0.717, 1.165) is 31.7 Å². The van der Waals surface area contributed by atoms with Crippen molar-refractivity contribution in [1.29, 1.82) is 0 Å². The molecule has 1 saturated carbocycles. The molecule has 3 atom stereocenters. The van der Waals surface area contributed by atoms with Gasteiger partial charge in [0, 0.05) is 13.1 Å². The normalized spacial score (nSPS) is 28.5. The fraction of sp³-hybridized carbons (Fsp3) is 0.588. The molecule has 0 spiro atoms. The Bertz CT molecular complexity index is 499. The Morgan fingerprint density at radius 1 is 1.33 bits per heavy atom. The van der Waals surface area contributed by atoms with Crippen LogP contribution in [-0.2, 0) is 11.2 Å². The molecule has 114 valence electrons. The summed E-state index contributed by atoms with van der Waals surface area (Å²) in [4.78, 5) is 13.8. The van der Waals surface area contributed by atoms with E-state index in [1.54, 1.807) is 7.11 Å². The Kier molecular flexibility index (Phi) is 4.15. The standard InChI is InChI=1S/C17H23NO3/c1-21-14-7-5-12(6-8-14)9-10-18-11-13-3-2-4-15(13)16(18)17(19)20/h5-8,13,15-16H,2-4,9-11H2,1H3,(H,19,20). The number of hydrogen-bond donors (Lipinski definition) is 1. The molecular weight excluding hydrogens is 266 g/mol. The van der Waals surface area contributed by atoms with Crippen molar-refractivity contribution in [3.05, 3.63) is 29.8 Å². The highest BCUT2D eigenvalue weighted by Gasteiger charge is 2.47. The van der Waals surface area contributed by atoms with E-state index in [4.69, 9.17) is 4.74 Å². The van der Waals surface area contributed by atoms with Gasteiger partial charge in [0.1, 0.15) is 11.8 Å². The minimum absolute atomic E-state index is 0.268. The van der Waals surface area contributed by atoms with Gasteiger partial charge in [0.15, 0.2) is 0 Å². The maximum absolute atomic E-state index is 11.6. The van der Waals surface area contributed by atoms with E-state index < -0.39 is 5.97 Å². The molecule has 0 radical (unpaired) electrons. The van der Waals surface area contributed by atoms with Crippen molar-refractivity contribution < 1.29 is 14.6 Å². The van der Waals surface area contributed by atoms with Crippen molar-refractivity contribution >= 4 is 5.97 Å². The molecule has 2 fully saturated rings. The first-order valence-corrected chi connectivity index (χ1v) is 7.79. The van der Waals surface area contributed by atoms with Crippen LogP contribution in [-0.4, -0.2) is 42.2 Å². The van der Waals surface area contributed by atoms with Crippen LogP contribution in [0.1, 0.15) is 24.8 Å². The largest absolute Gasteiger partial charge is 0.497 e. The molecule has 2 aliphatic rings. The van der Waals surface area contributed by atoms with Gasteiger partial charge in [-0.15, -0.1) is 0 Å². The van der Waals surface area contributed by atoms with Gasteiger partial charge in [-0.1, -0.05) is 18.6 Å². The molecule has 1 aromatic rings. The molecule has 1 aliphatic heterocycles. The first-order chi connectivity index (χ1) is 10.2. The number of carbonyl (C=O) groups is 1. The Morgan fingerprint density at radius 3 is 2.76 bits per heavy atom. The molecular formula is C17H23NO3. The summed E-state index contributed by atoms with van der Waals surface area (Å²) in [6, 6.07) is 7.78. The van der Waals surface area contributed by atoms with E-state index in [0.29, 0.717) is 11.8 Å². The summed E-state index contributed by atoms with van der Waals surface area (Å²) in [6.45, 7) is 1.79. The summed E-state index contributed by atoms with van der Waals surface area (Å²) < 4.78 is 5.16. The molecule has 1 heterocycles. The number of benzene rings is 1. The second-order valence-electron chi connectivity index (χ2n) is 6.23.